The lowest BCUT2D eigenvalue weighted by Crippen LogP contribution is -2.26. The van der Waals surface area contributed by atoms with E-state index < -0.39 is 28.3 Å². The van der Waals surface area contributed by atoms with Gasteiger partial charge in [-0.05, 0) is 22.3 Å². The van der Waals surface area contributed by atoms with E-state index in [0.717, 1.165) is 28.3 Å². The fourth-order valence-electron chi connectivity index (χ4n) is 3.80. The Balaban J connectivity index is 1.35. The van der Waals surface area contributed by atoms with E-state index in [2.05, 4.69) is 5.32 Å². The molecule has 0 saturated heterocycles. The first kappa shape index (κ1) is 21.2. The smallest absolute Gasteiger partial charge is 0.407 e. The summed E-state index contributed by atoms with van der Waals surface area (Å²) in [6, 6.07) is 17.2. The number of rotatable bonds is 6. The second-order valence-electron chi connectivity index (χ2n) is 7.19. The summed E-state index contributed by atoms with van der Waals surface area (Å²) >= 11 is 0. The zero-order chi connectivity index (χ0) is 22.7. The maximum Gasteiger partial charge on any atom is 0.407 e. The summed E-state index contributed by atoms with van der Waals surface area (Å²) < 4.78 is 32.6. The Morgan fingerprint density at radius 3 is 2.28 bits per heavy atom. The lowest BCUT2D eigenvalue weighted by Gasteiger charge is -2.14. The van der Waals surface area contributed by atoms with Crippen LogP contribution in [-0.4, -0.2) is 24.2 Å². The molecule has 1 aliphatic rings. The monoisotopic (exact) mass is 436 g/mol. The van der Waals surface area contributed by atoms with Gasteiger partial charge in [0.25, 0.3) is 0 Å². The topological polar surface area (TPSA) is 81.5 Å². The summed E-state index contributed by atoms with van der Waals surface area (Å²) in [5, 5.41) is 13.3. The Morgan fingerprint density at radius 2 is 1.66 bits per heavy atom. The van der Waals surface area contributed by atoms with Crippen molar-refractivity contribution in [3.8, 4) is 11.1 Å². The number of halogens is 2. The Hall–Kier alpha value is -4.07. The number of fused-ring (bicyclic) bond motifs is 3. The van der Waals surface area contributed by atoms with Gasteiger partial charge in [-0.2, -0.15) is 4.39 Å². The van der Waals surface area contributed by atoms with Crippen LogP contribution in [0.3, 0.4) is 0 Å². The van der Waals surface area contributed by atoms with Gasteiger partial charge >= 0.3 is 11.8 Å². The minimum Gasteiger partial charge on any atom is -0.449 e. The first-order valence-electron chi connectivity index (χ1n) is 9.84. The quantitative estimate of drug-likeness (QED) is 0.413. The number of nitro groups is 1. The van der Waals surface area contributed by atoms with E-state index in [-0.39, 0.29) is 24.6 Å². The summed E-state index contributed by atoms with van der Waals surface area (Å²) in [6.07, 6.45) is 1.97. The third-order valence-corrected chi connectivity index (χ3v) is 5.27. The van der Waals surface area contributed by atoms with Crippen molar-refractivity contribution in [2.24, 2.45) is 0 Å². The van der Waals surface area contributed by atoms with Crippen molar-refractivity contribution >= 4 is 17.9 Å². The number of hydrogen-bond acceptors (Lipinski definition) is 4. The maximum atomic E-state index is 13.8. The molecule has 1 N–H and O–H groups in total. The zero-order valence-corrected chi connectivity index (χ0v) is 16.8. The van der Waals surface area contributed by atoms with E-state index >= 15 is 0 Å². The standard InChI is InChI=1S/C24H18F2N2O4/c25-21-13-22(26)23(28(30)31)12-15(21)6-5-11-27-24(29)32-14-20-18-9-3-1-7-16(18)17-8-2-4-10-19(17)20/h1-10,12-13,20H,11,14H2,(H,27,29). The molecule has 0 bridgehead atoms. The summed E-state index contributed by atoms with van der Waals surface area (Å²) in [5.74, 6) is -2.26. The van der Waals surface area contributed by atoms with Gasteiger partial charge in [-0.1, -0.05) is 60.7 Å². The van der Waals surface area contributed by atoms with Crippen LogP contribution in [-0.2, 0) is 4.74 Å². The molecule has 32 heavy (non-hydrogen) atoms. The van der Waals surface area contributed by atoms with Crippen molar-refractivity contribution in [1.29, 1.82) is 0 Å². The van der Waals surface area contributed by atoms with Crippen molar-refractivity contribution < 1.29 is 23.2 Å². The van der Waals surface area contributed by atoms with Crippen LogP contribution in [0.15, 0.2) is 66.7 Å². The molecule has 4 rings (SSSR count). The van der Waals surface area contributed by atoms with Crippen molar-refractivity contribution in [3.05, 3.63) is 105 Å². The number of carbonyl (C=O) groups is 1. The molecule has 3 aromatic rings. The van der Waals surface area contributed by atoms with Gasteiger partial charge in [-0.15, -0.1) is 0 Å². The number of ether oxygens (including phenoxy) is 1. The Kier molecular flexibility index (Phi) is 5.93. The predicted molar refractivity (Wildman–Crippen MR) is 115 cm³/mol. The third kappa shape index (κ3) is 4.20. The van der Waals surface area contributed by atoms with E-state index in [1.807, 2.05) is 48.5 Å². The highest BCUT2D eigenvalue weighted by Gasteiger charge is 2.28. The molecule has 0 radical (unpaired) electrons. The molecule has 0 spiro atoms. The normalized spacial score (nSPS) is 12.4. The number of nitrogens with zero attached hydrogens (tertiary/aromatic N) is 1. The van der Waals surface area contributed by atoms with E-state index in [9.17, 15) is 23.7 Å². The van der Waals surface area contributed by atoms with Gasteiger partial charge in [0, 0.05) is 30.2 Å². The molecule has 0 aromatic heterocycles. The molecule has 3 aromatic carbocycles. The molecule has 1 amide bonds. The van der Waals surface area contributed by atoms with Crippen LogP contribution in [0.2, 0.25) is 0 Å². The first-order chi connectivity index (χ1) is 15.5. The molecule has 0 atom stereocenters. The summed E-state index contributed by atoms with van der Waals surface area (Å²) in [5.41, 5.74) is 3.44. The Morgan fingerprint density at radius 1 is 1.03 bits per heavy atom. The van der Waals surface area contributed by atoms with E-state index in [4.69, 9.17) is 4.74 Å². The highest BCUT2D eigenvalue weighted by molar-refractivity contribution is 5.79. The van der Waals surface area contributed by atoms with Crippen LogP contribution in [0, 0.1) is 21.7 Å². The molecule has 1 aliphatic carbocycles. The van der Waals surface area contributed by atoms with Crippen LogP contribution in [0.25, 0.3) is 17.2 Å². The molecule has 0 fully saturated rings. The van der Waals surface area contributed by atoms with Gasteiger partial charge in [-0.25, -0.2) is 9.18 Å². The van der Waals surface area contributed by atoms with E-state index in [1.165, 1.54) is 12.2 Å². The highest BCUT2D eigenvalue weighted by Crippen LogP contribution is 2.44. The summed E-state index contributed by atoms with van der Waals surface area (Å²) in [7, 11) is 0. The average molecular weight is 436 g/mol. The molecule has 0 aliphatic heterocycles. The maximum absolute atomic E-state index is 13.8. The van der Waals surface area contributed by atoms with E-state index in [1.54, 1.807) is 0 Å². The SMILES string of the molecule is O=C(NCC=Cc1cc([N+](=O)[O-])c(F)cc1F)OCC1c2ccccc2-c2ccccc21. The van der Waals surface area contributed by atoms with E-state index in [0.29, 0.717) is 6.07 Å². The number of nitrogens with one attached hydrogen (secondary N) is 1. The number of hydrogen-bond donors (Lipinski definition) is 1. The molecule has 6 nitrogen and oxygen atoms in total. The van der Waals surface area contributed by atoms with Crippen LogP contribution in [0.5, 0.6) is 0 Å². The third-order valence-electron chi connectivity index (χ3n) is 5.27. The first-order valence-corrected chi connectivity index (χ1v) is 9.84. The number of alkyl carbamates (subject to hydrolysis) is 1. The average Bonchev–Trinajstić information content (AvgIpc) is 3.10. The fraction of sp³-hybridized carbons (Fsp3) is 0.125. The number of carbonyl (C=O) groups excluding carboxylic acids is 1. The summed E-state index contributed by atoms with van der Waals surface area (Å²) in [6.45, 7) is 0.156. The summed E-state index contributed by atoms with van der Waals surface area (Å²) in [4.78, 5) is 22.0. The van der Waals surface area contributed by atoms with Gasteiger partial charge in [0.1, 0.15) is 12.4 Å². The number of benzene rings is 3. The number of nitro benzene ring substituents is 1. The Labute approximate surface area is 182 Å². The minimum absolute atomic E-state index is 0.00128. The van der Waals surface area contributed by atoms with Crippen LogP contribution in [0.1, 0.15) is 22.6 Å². The van der Waals surface area contributed by atoms with Crippen molar-refractivity contribution in [1.82, 2.24) is 5.32 Å². The van der Waals surface area contributed by atoms with Gasteiger partial charge in [0.2, 0.25) is 5.82 Å². The van der Waals surface area contributed by atoms with Gasteiger partial charge in [-0.3, -0.25) is 10.1 Å². The fourth-order valence-corrected chi connectivity index (χ4v) is 3.80. The van der Waals surface area contributed by atoms with Gasteiger partial charge in [0.15, 0.2) is 0 Å². The lowest BCUT2D eigenvalue weighted by atomic mass is 9.98. The second kappa shape index (κ2) is 8.97. The molecule has 0 heterocycles. The molecular weight excluding hydrogens is 418 g/mol. The molecule has 162 valence electrons. The van der Waals surface area contributed by atoms with Crippen LogP contribution < -0.4 is 5.32 Å². The van der Waals surface area contributed by atoms with Crippen LogP contribution >= 0.6 is 0 Å². The van der Waals surface area contributed by atoms with Gasteiger partial charge < -0.3 is 10.1 Å². The van der Waals surface area contributed by atoms with Crippen LogP contribution in [0.4, 0.5) is 19.3 Å². The van der Waals surface area contributed by atoms with Crippen molar-refractivity contribution in [3.63, 3.8) is 0 Å². The van der Waals surface area contributed by atoms with Crippen molar-refractivity contribution in [2.45, 2.75) is 5.92 Å². The molecule has 0 unspecified atom stereocenters. The molecule has 0 saturated carbocycles. The van der Waals surface area contributed by atoms with Crippen molar-refractivity contribution in [2.75, 3.05) is 13.2 Å². The second-order valence-corrected chi connectivity index (χ2v) is 7.19. The zero-order valence-electron chi connectivity index (χ0n) is 16.8. The highest BCUT2D eigenvalue weighted by atomic mass is 19.1. The minimum atomic E-state index is -1.25. The predicted octanol–water partition coefficient (Wildman–Crippen LogP) is 5.42. The largest absolute Gasteiger partial charge is 0.449 e. The van der Waals surface area contributed by atoms with Gasteiger partial charge in [0.05, 0.1) is 4.92 Å². The Bertz CT molecular complexity index is 1180. The lowest BCUT2D eigenvalue weighted by molar-refractivity contribution is -0.387. The molecular formula is C24H18F2N2O4. The number of amides is 1. The molecule has 8 heteroatoms.